The number of hydrogen-bond donors (Lipinski definition) is 3. The fourth-order valence-corrected chi connectivity index (χ4v) is 3.62. The number of nitrogens with zero attached hydrogens (tertiary/aromatic N) is 1. The van der Waals surface area contributed by atoms with Crippen LogP contribution in [0.2, 0.25) is 5.02 Å². The van der Waals surface area contributed by atoms with Crippen molar-refractivity contribution in [2.75, 3.05) is 38.2 Å². The number of ether oxygens (including phenoxy) is 3. The highest BCUT2D eigenvalue weighted by atomic mass is 35.5. The first-order valence-corrected chi connectivity index (χ1v) is 11.5. The Morgan fingerprint density at radius 1 is 1.11 bits per heavy atom. The van der Waals surface area contributed by atoms with Gasteiger partial charge < -0.3 is 35.5 Å². The van der Waals surface area contributed by atoms with E-state index in [-0.39, 0.29) is 32.1 Å². The number of para-hydroxylation sites is 2. The predicted octanol–water partition coefficient (Wildman–Crippen LogP) is 1.69. The summed E-state index contributed by atoms with van der Waals surface area (Å²) in [4.78, 5) is 50.4. The molecular formula is C24H27ClN4O7. The topological polar surface area (TPSA) is 149 Å². The highest BCUT2D eigenvalue weighted by molar-refractivity contribution is 6.31. The maximum Gasteiger partial charge on any atom is 0.246 e. The quantitative estimate of drug-likeness (QED) is 0.557. The molecule has 3 rings (SSSR count). The van der Waals surface area contributed by atoms with Crippen LogP contribution >= 0.6 is 11.6 Å². The lowest BCUT2D eigenvalue weighted by atomic mass is 10.1. The van der Waals surface area contributed by atoms with Crippen LogP contribution in [-0.2, 0) is 23.9 Å². The zero-order valence-corrected chi connectivity index (χ0v) is 20.4. The molecule has 0 spiro atoms. The van der Waals surface area contributed by atoms with E-state index in [2.05, 4.69) is 10.6 Å². The molecule has 1 heterocycles. The molecular weight excluding hydrogens is 492 g/mol. The van der Waals surface area contributed by atoms with Crippen molar-refractivity contribution in [1.29, 1.82) is 0 Å². The van der Waals surface area contributed by atoms with E-state index in [0.29, 0.717) is 22.3 Å². The average molecular weight is 519 g/mol. The molecule has 1 atom stereocenters. The predicted molar refractivity (Wildman–Crippen MR) is 131 cm³/mol. The van der Waals surface area contributed by atoms with Crippen molar-refractivity contribution in [3.8, 4) is 17.2 Å². The standard InChI is InChI=1S/C24H27ClN4O7/c1-15(30)27-18(13-22(26)31)24(33)29-8-9-34-10-11-35-20-4-2-3-5-21(20)36-19-7-6-16(25)12-17(19)28-23(32)14-29/h2-7,12,18H,8-11,13-14H2,1H3,(H2,26,31)(H,27,30)(H,28,32)/t18-/m1/s1. The third kappa shape index (κ3) is 7.85. The third-order valence-electron chi connectivity index (χ3n) is 5.00. The van der Waals surface area contributed by atoms with Gasteiger partial charge in [-0.2, -0.15) is 0 Å². The van der Waals surface area contributed by atoms with Crippen molar-refractivity contribution in [3.05, 3.63) is 47.5 Å². The number of carbonyl (C=O) groups excluding carboxylic acids is 4. The molecule has 0 fully saturated rings. The van der Waals surface area contributed by atoms with Crippen LogP contribution in [0, 0.1) is 0 Å². The molecule has 2 aromatic rings. The Hall–Kier alpha value is -3.83. The Morgan fingerprint density at radius 3 is 2.58 bits per heavy atom. The van der Waals surface area contributed by atoms with Gasteiger partial charge in [0.15, 0.2) is 17.2 Å². The van der Waals surface area contributed by atoms with Crippen molar-refractivity contribution in [2.45, 2.75) is 19.4 Å². The van der Waals surface area contributed by atoms with Crippen LogP contribution in [-0.4, -0.2) is 67.5 Å². The van der Waals surface area contributed by atoms with Crippen LogP contribution in [0.1, 0.15) is 13.3 Å². The summed E-state index contributed by atoms with van der Waals surface area (Å²) in [6.45, 7) is 1.31. The molecule has 0 aliphatic carbocycles. The summed E-state index contributed by atoms with van der Waals surface area (Å²) in [6, 6.07) is 10.5. The molecule has 11 nitrogen and oxygen atoms in total. The summed E-state index contributed by atoms with van der Waals surface area (Å²) in [7, 11) is 0. The molecule has 36 heavy (non-hydrogen) atoms. The zero-order chi connectivity index (χ0) is 26.1. The number of carbonyl (C=O) groups is 4. The maximum atomic E-state index is 13.2. The van der Waals surface area contributed by atoms with Crippen molar-refractivity contribution in [3.63, 3.8) is 0 Å². The van der Waals surface area contributed by atoms with E-state index in [9.17, 15) is 19.2 Å². The van der Waals surface area contributed by atoms with Crippen LogP contribution in [0.3, 0.4) is 0 Å². The first-order valence-electron chi connectivity index (χ1n) is 11.1. The number of benzene rings is 2. The van der Waals surface area contributed by atoms with Gasteiger partial charge in [0, 0.05) is 18.5 Å². The summed E-state index contributed by atoms with van der Waals surface area (Å²) in [5, 5.41) is 5.47. The first-order chi connectivity index (χ1) is 17.2. The SMILES string of the molecule is CC(=O)N[C@H](CC(N)=O)C(=O)N1CCOCCOc2ccccc2Oc2ccc(Cl)cc2NC(=O)C1. The second-order valence-electron chi connectivity index (χ2n) is 7.88. The van der Waals surface area contributed by atoms with Gasteiger partial charge in [0.2, 0.25) is 23.6 Å². The summed E-state index contributed by atoms with van der Waals surface area (Å²) >= 11 is 6.14. The van der Waals surface area contributed by atoms with Crippen LogP contribution in [0.15, 0.2) is 42.5 Å². The third-order valence-corrected chi connectivity index (χ3v) is 5.24. The van der Waals surface area contributed by atoms with Crippen LogP contribution < -0.4 is 25.8 Å². The van der Waals surface area contributed by atoms with Gasteiger partial charge in [0.1, 0.15) is 19.2 Å². The van der Waals surface area contributed by atoms with Crippen molar-refractivity contribution < 1.29 is 33.4 Å². The van der Waals surface area contributed by atoms with E-state index in [4.69, 9.17) is 31.5 Å². The van der Waals surface area contributed by atoms with E-state index in [1.807, 2.05) is 0 Å². The van der Waals surface area contributed by atoms with Crippen LogP contribution in [0.4, 0.5) is 5.69 Å². The van der Waals surface area contributed by atoms with E-state index in [1.165, 1.54) is 17.9 Å². The lowest BCUT2D eigenvalue weighted by molar-refractivity contribution is -0.140. The van der Waals surface area contributed by atoms with Gasteiger partial charge in [-0.05, 0) is 30.3 Å². The van der Waals surface area contributed by atoms with Crippen LogP contribution in [0.25, 0.3) is 0 Å². The Labute approximate surface area is 212 Å². The number of nitrogens with two attached hydrogens (primary N) is 1. The largest absolute Gasteiger partial charge is 0.487 e. The van der Waals surface area contributed by atoms with E-state index >= 15 is 0 Å². The molecule has 0 radical (unpaired) electrons. The highest BCUT2D eigenvalue weighted by Crippen LogP contribution is 2.36. The lowest BCUT2D eigenvalue weighted by Gasteiger charge is -2.27. The summed E-state index contributed by atoms with van der Waals surface area (Å²) < 4.78 is 17.4. The Bertz CT molecular complexity index is 1110. The number of nitrogens with one attached hydrogen (secondary N) is 2. The second kappa shape index (κ2) is 12.8. The molecule has 0 aromatic heterocycles. The minimum Gasteiger partial charge on any atom is -0.487 e. The zero-order valence-electron chi connectivity index (χ0n) is 19.6. The second-order valence-corrected chi connectivity index (χ2v) is 8.32. The van der Waals surface area contributed by atoms with Gasteiger partial charge in [-0.25, -0.2) is 0 Å². The maximum absolute atomic E-state index is 13.2. The number of amides is 4. The van der Waals surface area contributed by atoms with Gasteiger partial charge in [0.25, 0.3) is 0 Å². The number of hydrogen-bond acceptors (Lipinski definition) is 7. The number of anilines is 1. The lowest BCUT2D eigenvalue weighted by Crippen LogP contribution is -2.52. The van der Waals surface area contributed by atoms with E-state index in [0.717, 1.165) is 0 Å². The number of rotatable bonds is 4. The van der Waals surface area contributed by atoms with Gasteiger partial charge in [-0.1, -0.05) is 23.7 Å². The van der Waals surface area contributed by atoms with Gasteiger partial charge >= 0.3 is 0 Å². The Balaban J connectivity index is 1.88. The van der Waals surface area contributed by atoms with Gasteiger partial charge in [0.05, 0.1) is 25.3 Å². The molecule has 4 amide bonds. The van der Waals surface area contributed by atoms with E-state index < -0.39 is 42.6 Å². The fraction of sp³-hybridized carbons (Fsp3) is 0.333. The summed E-state index contributed by atoms with van der Waals surface area (Å²) in [6.07, 6.45) is -0.421. The van der Waals surface area contributed by atoms with Gasteiger partial charge in [-0.3, -0.25) is 19.2 Å². The Kier molecular flexibility index (Phi) is 9.48. The molecule has 0 unspecified atom stereocenters. The fourth-order valence-electron chi connectivity index (χ4n) is 3.45. The van der Waals surface area contributed by atoms with Gasteiger partial charge in [-0.15, -0.1) is 0 Å². The smallest absolute Gasteiger partial charge is 0.246 e. The van der Waals surface area contributed by atoms with Crippen molar-refractivity contribution >= 4 is 40.9 Å². The van der Waals surface area contributed by atoms with E-state index in [1.54, 1.807) is 36.4 Å². The summed E-state index contributed by atoms with van der Waals surface area (Å²) in [5.74, 6) is -1.31. The minimum absolute atomic E-state index is 0.0105. The minimum atomic E-state index is -1.22. The van der Waals surface area contributed by atoms with Crippen molar-refractivity contribution in [2.24, 2.45) is 5.73 Å². The molecule has 12 heteroatoms. The first kappa shape index (κ1) is 26.8. The van der Waals surface area contributed by atoms with Crippen molar-refractivity contribution in [1.82, 2.24) is 10.2 Å². The number of halogens is 1. The van der Waals surface area contributed by atoms with Crippen LogP contribution in [0.5, 0.6) is 17.2 Å². The molecule has 4 N–H and O–H groups in total. The molecule has 2 aromatic carbocycles. The number of fused-ring (bicyclic) bond motifs is 2. The molecule has 0 saturated carbocycles. The molecule has 192 valence electrons. The molecule has 0 bridgehead atoms. The molecule has 1 aliphatic rings. The average Bonchev–Trinajstić information content (AvgIpc) is 2.81. The molecule has 1 aliphatic heterocycles. The Morgan fingerprint density at radius 2 is 1.86 bits per heavy atom. The monoisotopic (exact) mass is 518 g/mol. The normalized spacial score (nSPS) is 15.4. The highest BCUT2D eigenvalue weighted by Gasteiger charge is 2.28. The number of primary amides is 1. The summed E-state index contributed by atoms with van der Waals surface area (Å²) in [5.41, 5.74) is 5.52. The molecule has 0 saturated heterocycles.